The minimum absolute atomic E-state index is 0.222. The molecule has 3 aromatic rings. The molecule has 6 heteroatoms. The van der Waals surface area contributed by atoms with Gasteiger partial charge in [-0.25, -0.2) is 9.31 Å². The van der Waals surface area contributed by atoms with Crippen LogP contribution in [-0.2, 0) is 17.8 Å². The number of ether oxygens (including phenoxy) is 1. The van der Waals surface area contributed by atoms with Crippen LogP contribution < -0.4 is 0 Å². The standard InChI is InChI=1S/C16H12BrN3O2/c1-2-11-3-4-13-14(9-5-10(17)7-18-6-9)15-12(19-20(11)13)8-22-16(15)21/h3-7H,2,8H2,1H3. The molecule has 0 N–H and O–H groups in total. The number of halogens is 1. The molecule has 0 fully saturated rings. The van der Waals surface area contributed by atoms with Crippen LogP contribution in [0.4, 0.5) is 0 Å². The Morgan fingerprint density at radius 3 is 2.95 bits per heavy atom. The van der Waals surface area contributed by atoms with Crippen molar-refractivity contribution < 1.29 is 9.53 Å². The maximum absolute atomic E-state index is 12.2. The van der Waals surface area contributed by atoms with Crippen molar-refractivity contribution in [3.63, 3.8) is 0 Å². The van der Waals surface area contributed by atoms with Gasteiger partial charge < -0.3 is 4.74 Å². The summed E-state index contributed by atoms with van der Waals surface area (Å²) in [6.45, 7) is 2.30. The third-order valence-electron chi connectivity index (χ3n) is 3.85. The first-order valence-corrected chi connectivity index (χ1v) is 7.80. The van der Waals surface area contributed by atoms with E-state index in [1.807, 2.05) is 22.7 Å². The lowest BCUT2D eigenvalue weighted by Gasteiger charge is -2.10. The first-order chi connectivity index (χ1) is 10.7. The molecule has 110 valence electrons. The number of cyclic esters (lactones) is 1. The molecule has 22 heavy (non-hydrogen) atoms. The lowest BCUT2D eigenvalue weighted by atomic mass is 10.0. The highest BCUT2D eigenvalue weighted by molar-refractivity contribution is 9.10. The Labute approximate surface area is 135 Å². The molecule has 4 heterocycles. The molecule has 0 spiro atoms. The van der Waals surface area contributed by atoms with Crippen LogP contribution in [0, 0.1) is 0 Å². The molecule has 0 radical (unpaired) electrons. The van der Waals surface area contributed by atoms with Crippen molar-refractivity contribution in [1.82, 2.24) is 14.6 Å². The fraction of sp³-hybridized carbons (Fsp3) is 0.188. The molecule has 0 bridgehead atoms. The smallest absolute Gasteiger partial charge is 0.341 e. The van der Waals surface area contributed by atoms with Crippen LogP contribution in [0.25, 0.3) is 16.6 Å². The van der Waals surface area contributed by atoms with Gasteiger partial charge in [0.15, 0.2) is 0 Å². The van der Waals surface area contributed by atoms with Gasteiger partial charge in [0.05, 0.1) is 11.1 Å². The van der Waals surface area contributed by atoms with Gasteiger partial charge in [-0.3, -0.25) is 4.98 Å². The molecule has 3 aromatic heterocycles. The summed E-state index contributed by atoms with van der Waals surface area (Å²) in [4.78, 5) is 16.4. The Bertz CT molecular complexity index is 917. The largest absolute Gasteiger partial charge is 0.455 e. The molecule has 4 rings (SSSR count). The van der Waals surface area contributed by atoms with Gasteiger partial charge >= 0.3 is 5.97 Å². The number of carbonyl (C=O) groups excluding carboxylic acids is 1. The van der Waals surface area contributed by atoms with E-state index in [-0.39, 0.29) is 12.6 Å². The van der Waals surface area contributed by atoms with Crippen LogP contribution in [-0.4, -0.2) is 20.6 Å². The van der Waals surface area contributed by atoms with Crippen LogP contribution in [0.15, 0.2) is 35.1 Å². The molecule has 0 aliphatic carbocycles. The van der Waals surface area contributed by atoms with Crippen LogP contribution in [0.5, 0.6) is 0 Å². The Balaban J connectivity index is 2.13. The highest BCUT2D eigenvalue weighted by Gasteiger charge is 2.30. The minimum Gasteiger partial charge on any atom is -0.455 e. The van der Waals surface area contributed by atoms with Crippen LogP contribution >= 0.6 is 15.9 Å². The number of esters is 1. The second-order valence-corrected chi connectivity index (χ2v) is 6.06. The van der Waals surface area contributed by atoms with Gasteiger partial charge in [0, 0.05) is 33.7 Å². The van der Waals surface area contributed by atoms with E-state index in [2.05, 4.69) is 32.9 Å². The molecule has 5 nitrogen and oxygen atoms in total. The third-order valence-corrected chi connectivity index (χ3v) is 4.28. The average Bonchev–Trinajstić information content (AvgIpc) is 3.09. The van der Waals surface area contributed by atoms with Gasteiger partial charge in [-0.05, 0) is 40.5 Å². The number of aryl methyl sites for hydroxylation is 1. The molecule has 1 aliphatic rings. The molecule has 0 unspecified atom stereocenters. The fourth-order valence-corrected chi connectivity index (χ4v) is 3.22. The van der Waals surface area contributed by atoms with Gasteiger partial charge in [0.2, 0.25) is 0 Å². The summed E-state index contributed by atoms with van der Waals surface area (Å²) in [6, 6.07) is 5.98. The summed E-state index contributed by atoms with van der Waals surface area (Å²) in [6.07, 6.45) is 4.34. The molecule has 1 aliphatic heterocycles. The predicted molar refractivity (Wildman–Crippen MR) is 84.6 cm³/mol. The van der Waals surface area contributed by atoms with Crippen molar-refractivity contribution in [2.75, 3.05) is 0 Å². The lowest BCUT2D eigenvalue weighted by molar-refractivity contribution is 0.0533. The number of aromatic nitrogens is 3. The summed E-state index contributed by atoms with van der Waals surface area (Å²) in [7, 11) is 0. The molecule has 0 saturated heterocycles. The second kappa shape index (κ2) is 4.91. The van der Waals surface area contributed by atoms with Crippen LogP contribution in [0.2, 0.25) is 0 Å². The maximum Gasteiger partial charge on any atom is 0.341 e. The van der Waals surface area contributed by atoms with Gasteiger partial charge in [-0.2, -0.15) is 5.10 Å². The SMILES string of the molecule is CCc1ccc2c(-c3cncc(Br)c3)c3c(nn12)COC3=O. The lowest BCUT2D eigenvalue weighted by Crippen LogP contribution is -2.06. The zero-order valence-corrected chi connectivity index (χ0v) is 13.4. The monoisotopic (exact) mass is 357 g/mol. The summed E-state index contributed by atoms with van der Waals surface area (Å²) in [5, 5.41) is 4.58. The number of rotatable bonds is 2. The van der Waals surface area contributed by atoms with E-state index in [9.17, 15) is 4.79 Å². The minimum atomic E-state index is -0.320. The Morgan fingerprint density at radius 1 is 1.32 bits per heavy atom. The molecule has 0 atom stereocenters. The Hall–Kier alpha value is -2.21. The normalized spacial score (nSPS) is 13.5. The van der Waals surface area contributed by atoms with E-state index < -0.39 is 0 Å². The summed E-state index contributed by atoms with van der Waals surface area (Å²) in [5.74, 6) is -0.320. The molecule has 0 aromatic carbocycles. The number of hydrogen-bond donors (Lipinski definition) is 0. The first kappa shape index (κ1) is 13.5. The number of nitrogens with zero attached hydrogens (tertiary/aromatic N) is 3. The molecule has 0 saturated carbocycles. The topological polar surface area (TPSA) is 56.5 Å². The quantitative estimate of drug-likeness (QED) is 0.659. The number of carbonyl (C=O) groups is 1. The maximum atomic E-state index is 12.2. The number of fused-ring (bicyclic) bond motifs is 2. The van der Waals surface area contributed by atoms with Gasteiger partial charge in [0.25, 0.3) is 0 Å². The van der Waals surface area contributed by atoms with Crippen LogP contribution in [0.1, 0.15) is 28.7 Å². The summed E-state index contributed by atoms with van der Waals surface area (Å²) >= 11 is 3.44. The molecular weight excluding hydrogens is 346 g/mol. The zero-order chi connectivity index (χ0) is 15.3. The van der Waals surface area contributed by atoms with E-state index in [0.717, 1.165) is 33.2 Å². The summed E-state index contributed by atoms with van der Waals surface area (Å²) < 4.78 is 7.95. The zero-order valence-electron chi connectivity index (χ0n) is 11.8. The third kappa shape index (κ3) is 1.87. The van der Waals surface area contributed by atoms with Crippen molar-refractivity contribution in [1.29, 1.82) is 0 Å². The van der Waals surface area contributed by atoms with Gasteiger partial charge in [-0.1, -0.05) is 6.92 Å². The van der Waals surface area contributed by atoms with Crippen molar-refractivity contribution in [3.8, 4) is 11.1 Å². The van der Waals surface area contributed by atoms with E-state index in [4.69, 9.17) is 4.74 Å². The highest BCUT2D eigenvalue weighted by atomic mass is 79.9. The van der Waals surface area contributed by atoms with Crippen molar-refractivity contribution in [2.45, 2.75) is 20.0 Å². The van der Waals surface area contributed by atoms with E-state index in [1.54, 1.807) is 12.4 Å². The van der Waals surface area contributed by atoms with Crippen molar-refractivity contribution in [2.24, 2.45) is 0 Å². The van der Waals surface area contributed by atoms with Gasteiger partial charge in [-0.15, -0.1) is 0 Å². The van der Waals surface area contributed by atoms with Crippen molar-refractivity contribution in [3.05, 3.63) is 52.0 Å². The fourth-order valence-electron chi connectivity index (χ4n) is 2.86. The Kier molecular flexibility index (Phi) is 3.00. The van der Waals surface area contributed by atoms with Crippen LogP contribution in [0.3, 0.4) is 0 Å². The second-order valence-electron chi connectivity index (χ2n) is 5.14. The first-order valence-electron chi connectivity index (χ1n) is 7.00. The average molecular weight is 358 g/mol. The number of hydrogen-bond acceptors (Lipinski definition) is 4. The number of pyridine rings is 1. The van der Waals surface area contributed by atoms with E-state index in [0.29, 0.717) is 11.3 Å². The van der Waals surface area contributed by atoms with E-state index >= 15 is 0 Å². The highest BCUT2D eigenvalue weighted by Crippen LogP contribution is 2.35. The predicted octanol–water partition coefficient (Wildman–Crippen LogP) is 3.39. The van der Waals surface area contributed by atoms with Gasteiger partial charge in [0.1, 0.15) is 12.3 Å². The summed E-state index contributed by atoms with van der Waals surface area (Å²) in [5.41, 5.74) is 4.93. The van der Waals surface area contributed by atoms with E-state index in [1.165, 1.54) is 0 Å². The Morgan fingerprint density at radius 2 is 2.18 bits per heavy atom. The molecule has 0 amide bonds. The van der Waals surface area contributed by atoms with Crippen molar-refractivity contribution >= 4 is 27.4 Å². The molecular formula is C16H12BrN3O2.